The molecule has 1 saturated carbocycles. The Morgan fingerprint density at radius 3 is 2.53 bits per heavy atom. The van der Waals surface area contributed by atoms with Crippen molar-refractivity contribution in [3.63, 3.8) is 0 Å². The van der Waals surface area contributed by atoms with Crippen molar-refractivity contribution in [1.82, 2.24) is 4.90 Å². The molecule has 2 saturated heterocycles. The zero-order valence-corrected chi connectivity index (χ0v) is 9.69. The lowest BCUT2D eigenvalue weighted by Gasteiger charge is -2.46. The van der Waals surface area contributed by atoms with Gasteiger partial charge in [0.15, 0.2) is 0 Å². The second-order valence-electron chi connectivity index (χ2n) is 6.48. The van der Waals surface area contributed by atoms with Crippen molar-refractivity contribution in [3.05, 3.63) is 0 Å². The SMILES string of the molecule is CC(C)(C)C12CCCN1CC1C2C1(F)F. The normalized spacial score (nSPS) is 47.8. The molecule has 3 atom stereocenters. The van der Waals surface area contributed by atoms with Crippen LogP contribution in [0.4, 0.5) is 8.78 Å². The number of halogens is 2. The van der Waals surface area contributed by atoms with Gasteiger partial charge in [-0.15, -0.1) is 0 Å². The molecule has 0 N–H and O–H groups in total. The molecule has 86 valence electrons. The van der Waals surface area contributed by atoms with E-state index in [1.165, 1.54) is 0 Å². The van der Waals surface area contributed by atoms with Crippen molar-refractivity contribution < 1.29 is 8.78 Å². The minimum Gasteiger partial charge on any atom is -0.296 e. The fourth-order valence-corrected chi connectivity index (χ4v) is 4.33. The first-order chi connectivity index (χ1) is 6.82. The Hall–Kier alpha value is -0.180. The minimum atomic E-state index is -2.37. The molecule has 2 aliphatic heterocycles. The average Bonchev–Trinajstić information content (AvgIpc) is 2.47. The summed E-state index contributed by atoms with van der Waals surface area (Å²) in [4.78, 5) is 2.35. The highest BCUT2D eigenvalue weighted by Crippen LogP contribution is 2.72. The molecule has 3 aliphatic rings. The third-order valence-corrected chi connectivity index (χ3v) is 4.98. The zero-order valence-electron chi connectivity index (χ0n) is 9.69. The molecule has 0 aromatic heterocycles. The number of alkyl halides is 2. The van der Waals surface area contributed by atoms with Gasteiger partial charge in [-0.05, 0) is 24.8 Å². The molecule has 0 aromatic rings. The van der Waals surface area contributed by atoms with Crippen LogP contribution in [-0.4, -0.2) is 29.5 Å². The third-order valence-electron chi connectivity index (χ3n) is 4.98. The summed E-state index contributed by atoms with van der Waals surface area (Å²) in [7, 11) is 0. The van der Waals surface area contributed by atoms with Gasteiger partial charge in [0.1, 0.15) is 0 Å². The molecule has 3 fully saturated rings. The van der Waals surface area contributed by atoms with Gasteiger partial charge in [0.25, 0.3) is 5.92 Å². The minimum absolute atomic E-state index is 0.0250. The molecule has 3 unspecified atom stereocenters. The van der Waals surface area contributed by atoms with Crippen molar-refractivity contribution in [2.24, 2.45) is 17.3 Å². The van der Waals surface area contributed by atoms with Gasteiger partial charge in [0, 0.05) is 18.0 Å². The molecule has 0 spiro atoms. The summed E-state index contributed by atoms with van der Waals surface area (Å²) < 4.78 is 27.3. The van der Waals surface area contributed by atoms with E-state index in [4.69, 9.17) is 0 Å². The van der Waals surface area contributed by atoms with Crippen molar-refractivity contribution in [1.29, 1.82) is 0 Å². The van der Waals surface area contributed by atoms with Gasteiger partial charge in [-0.3, -0.25) is 4.90 Å². The molecule has 3 rings (SSSR count). The first-order valence-electron chi connectivity index (χ1n) is 5.95. The Labute approximate surface area is 89.8 Å². The maximum atomic E-state index is 13.6. The van der Waals surface area contributed by atoms with E-state index in [-0.39, 0.29) is 22.8 Å². The van der Waals surface area contributed by atoms with Crippen LogP contribution in [0.3, 0.4) is 0 Å². The van der Waals surface area contributed by atoms with Crippen LogP contribution in [0.1, 0.15) is 33.6 Å². The van der Waals surface area contributed by atoms with Gasteiger partial charge in [-0.2, -0.15) is 0 Å². The quantitative estimate of drug-likeness (QED) is 0.600. The summed E-state index contributed by atoms with van der Waals surface area (Å²) in [5.74, 6) is -3.06. The second-order valence-corrected chi connectivity index (χ2v) is 6.48. The average molecular weight is 215 g/mol. The van der Waals surface area contributed by atoms with E-state index in [9.17, 15) is 8.78 Å². The lowest BCUT2D eigenvalue weighted by molar-refractivity contribution is -0.0394. The van der Waals surface area contributed by atoms with E-state index >= 15 is 0 Å². The second kappa shape index (κ2) is 2.39. The molecule has 1 nitrogen and oxygen atoms in total. The smallest absolute Gasteiger partial charge is 0.257 e. The molecular weight excluding hydrogens is 196 g/mol. The van der Waals surface area contributed by atoms with Gasteiger partial charge in [0.2, 0.25) is 0 Å². The van der Waals surface area contributed by atoms with Crippen LogP contribution in [0.5, 0.6) is 0 Å². The first-order valence-corrected chi connectivity index (χ1v) is 5.95. The lowest BCUT2D eigenvalue weighted by Crippen LogP contribution is -2.54. The van der Waals surface area contributed by atoms with E-state index in [1.807, 2.05) is 0 Å². The Morgan fingerprint density at radius 2 is 1.93 bits per heavy atom. The number of piperidine rings is 1. The van der Waals surface area contributed by atoms with Gasteiger partial charge in [-0.25, -0.2) is 8.78 Å². The fourth-order valence-electron chi connectivity index (χ4n) is 4.33. The van der Waals surface area contributed by atoms with Crippen LogP contribution < -0.4 is 0 Å². The van der Waals surface area contributed by atoms with Gasteiger partial charge in [0.05, 0.1) is 5.92 Å². The number of hydrogen-bond acceptors (Lipinski definition) is 1. The first kappa shape index (κ1) is 10.0. The van der Waals surface area contributed by atoms with E-state index in [0.717, 1.165) is 19.4 Å². The summed E-state index contributed by atoms with van der Waals surface area (Å²) in [6.07, 6.45) is 2.06. The third kappa shape index (κ3) is 0.920. The highest BCUT2D eigenvalue weighted by atomic mass is 19.3. The molecule has 0 aromatic carbocycles. The van der Waals surface area contributed by atoms with Crippen LogP contribution in [0.15, 0.2) is 0 Å². The predicted molar refractivity (Wildman–Crippen MR) is 54.9 cm³/mol. The van der Waals surface area contributed by atoms with Crippen LogP contribution in [-0.2, 0) is 0 Å². The van der Waals surface area contributed by atoms with Crippen LogP contribution in [0.2, 0.25) is 0 Å². The Morgan fingerprint density at radius 1 is 1.27 bits per heavy atom. The van der Waals surface area contributed by atoms with Gasteiger partial charge in [-0.1, -0.05) is 20.8 Å². The predicted octanol–water partition coefficient (Wildman–Crippen LogP) is 2.76. The van der Waals surface area contributed by atoms with Gasteiger partial charge >= 0.3 is 0 Å². The summed E-state index contributed by atoms with van der Waals surface area (Å²) in [6.45, 7) is 8.04. The lowest BCUT2D eigenvalue weighted by atomic mass is 9.69. The molecule has 15 heavy (non-hydrogen) atoms. The summed E-state index contributed by atoms with van der Waals surface area (Å²) in [5.41, 5.74) is -0.232. The summed E-state index contributed by atoms with van der Waals surface area (Å²) in [6, 6.07) is 0. The van der Waals surface area contributed by atoms with Crippen molar-refractivity contribution >= 4 is 0 Å². The maximum Gasteiger partial charge on any atom is 0.257 e. The van der Waals surface area contributed by atoms with E-state index in [1.54, 1.807) is 0 Å². The molecule has 0 bridgehead atoms. The Kier molecular flexibility index (Phi) is 1.59. The Bertz CT molecular complexity index is 307. The number of nitrogens with zero attached hydrogens (tertiary/aromatic N) is 1. The fraction of sp³-hybridized carbons (Fsp3) is 1.00. The standard InChI is InChI=1S/C12H19F2N/c1-10(2,3)11-5-4-6-15(11)7-8-9(11)12(8,13)14/h8-9H,4-7H2,1-3H3. The molecule has 0 radical (unpaired) electrons. The number of fused-ring (bicyclic) bond motifs is 3. The molecule has 0 amide bonds. The summed E-state index contributed by atoms with van der Waals surface area (Å²) in [5, 5.41) is 0. The summed E-state index contributed by atoms with van der Waals surface area (Å²) >= 11 is 0. The van der Waals surface area contributed by atoms with Crippen molar-refractivity contribution in [2.45, 2.75) is 45.1 Å². The zero-order chi connectivity index (χ0) is 11.1. The van der Waals surface area contributed by atoms with E-state index in [0.29, 0.717) is 6.54 Å². The van der Waals surface area contributed by atoms with Crippen LogP contribution in [0, 0.1) is 17.3 Å². The van der Waals surface area contributed by atoms with Crippen LogP contribution >= 0.6 is 0 Å². The Balaban J connectivity index is 2.03. The van der Waals surface area contributed by atoms with E-state index < -0.39 is 5.92 Å². The van der Waals surface area contributed by atoms with Crippen LogP contribution in [0.25, 0.3) is 0 Å². The monoisotopic (exact) mass is 215 g/mol. The van der Waals surface area contributed by atoms with Gasteiger partial charge < -0.3 is 0 Å². The highest BCUT2D eigenvalue weighted by Gasteiger charge is 2.82. The number of rotatable bonds is 0. The maximum absolute atomic E-state index is 13.6. The topological polar surface area (TPSA) is 3.24 Å². The molecule has 2 heterocycles. The van der Waals surface area contributed by atoms with E-state index in [2.05, 4.69) is 25.7 Å². The van der Waals surface area contributed by atoms with Crippen molar-refractivity contribution in [2.75, 3.05) is 13.1 Å². The molecular formula is C12H19F2N. The largest absolute Gasteiger partial charge is 0.296 e. The highest BCUT2D eigenvalue weighted by molar-refractivity contribution is 5.28. The number of hydrogen-bond donors (Lipinski definition) is 0. The molecule has 1 aliphatic carbocycles. The van der Waals surface area contributed by atoms with Crippen molar-refractivity contribution in [3.8, 4) is 0 Å². The molecule has 3 heteroatoms.